The highest BCUT2D eigenvalue weighted by atomic mass is 15.0. The maximum atomic E-state index is 2.47. The first-order valence-corrected chi connectivity index (χ1v) is 17.7. The Labute approximate surface area is 296 Å². The van der Waals surface area contributed by atoms with Crippen molar-refractivity contribution in [1.29, 1.82) is 0 Å². The molecular formula is C50H31N. The van der Waals surface area contributed by atoms with Gasteiger partial charge in [-0.25, -0.2) is 0 Å². The zero-order valence-corrected chi connectivity index (χ0v) is 27.8. The molecule has 0 aliphatic heterocycles. The summed E-state index contributed by atoms with van der Waals surface area (Å²) in [4.78, 5) is 0. The monoisotopic (exact) mass is 645 g/mol. The van der Waals surface area contributed by atoms with Gasteiger partial charge in [0.05, 0.1) is 11.0 Å². The fourth-order valence-electron chi connectivity index (χ4n) is 8.78. The Hall–Kier alpha value is -6.70. The molecule has 10 aromatic rings. The van der Waals surface area contributed by atoms with Gasteiger partial charge in [0.25, 0.3) is 0 Å². The summed E-state index contributed by atoms with van der Waals surface area (Å²) in [6.07, 6.45) is 0. The van der Waals surface area contributed by atoms with Crippen LogP contribution in [0.15, 0.2) is 188 Å². The highest BCUT2D eigenvalue weighted by Crippen LogP contribution is 2.57. The van der Waals surface area contributed by atoms with Gasteiger partial charge in [-0.3, -0.25) is 0 Å². The summed E-state index contributed by atoms with van der Waals surface area (Å²) in [5, 5.41) is 7.67. The van der Waals surface area contributed by atoms with E-state index < -0.39 is 0 Å². The van der Waals surface area contributed by atoms with Crippen LogP contribution in [0.2, 0.25) is 0 Å². The SMILES string of the molecule is c1ccc(-c2cc(-c3cccc(-n4c5ccccc5c5ccc6ccccc6c54)c3)c(-c3ccccc3)c3c2-c2cccc4cccc-3c24)cc1. The highest BCUT2D eigenvalue weighted by Gasteiger charge is 2.30. The van der Waals surface area contributed by atoms with E-state index in [0.29, 0.717) is 0 Å². The van der Waals surface area contributed by atoms with Crippen LogP contribution in [-0.2, 0) is 0 Å². The molecule has 51 heavy (non-hydrogen) atoms. The van der Waals surface area contributed by atoms with Crippen molar-refractivity contribution in [3.63, 3.8) is 0 Å². The maximum Gasteiger partial charge on any atom is 0.0619 e. The maximum absolute atomic E-state index is 2.47. The van der Waals surface area contributed by atoms with Gasteiger partial charge in [-0.1, -0.05) is 164 Å². The lowest BCUT2D eigenvalue weighted by atomic mass is 9.82. The molecule has 1 aliphatic carbocycles. The topological polar surface area (TPSA) is 4.93 Å². The lowest BCUT2D eigenvalue weighted by molar-refractivity contribution is 1.19. The summed E-state index contributed by atoms with van der Waals surface area (Å²) in [6, 6.07) is 69.2. The van der Waals surface area contributed by atoms with Gasteiger partial charge in [0, 0.05) is 21.8 Å². The summed E-state index contributed by atoms with van der Waals surface area (Å²) in [5.41, 5.74) is 16.3. The molecule has 1 heteroatoms. The molecule has 0 radical (unpaired) electrons. The van der Waals surface area contributed by atoms with Gasteiger partial charge in [0.1, 0.15) is 0 Å². The Morgan fingerprint density at radius 3 is 1.73 bits per heavy atom. The number of rotatable bonds is 4. The van der Waals surface area contributed by atoms with Crippen molar-refractivity contribution < 1.29 is 0 Å². The first kappa shape index (κ1) is 28.2. The second-order valence-corrected chi connectivity index (χ2v) is 13.6. The molecule has 9 aromatic carbocycles. The standard InChI is InChI=1S/C50H31N/c1-3-14-32(15-4-1)43-31-44(47(35-17-5-2-6-18-35)49-42-26-13-20-34-19-12-25-41(46(34)42)48(43)49)36-21-11-22-37(30-36)51-45-27-10-9-24-39(45)40-29-28-33-16-7-8-23-38(33)50(40)51/h1-31H. The molecule has 1 nitrogen and oxygen atoms in total. The fraction of sp³-hybridized carbons (Fsp3) is 0. The van der Waals surface area contributed by atoms with E-state index in [2.05, 4.69) is 193 Å². The third kappa shape index (κ3) is 4.09. The van der Waals surface area contributed by atoms with E-state index >= 15 is 0 Å². The molecule has 0 amide bonds. The number of para-hydroxylation sites is 1. The minimum Gasteiger partial charge on any atom is -0.309 e. The number of nitrogens with zero attached hydrogens (tertiary/aromatic N) is 1. The van der Waals surface area contributed by atoms with Gasteiger partial charge >= 0.3 is 0 Å². The number of benzene rings is 9. The van der Waals surface area contributed by atoms with Gasteiger partial charge in [0.15, 0.2) is 0 Å². The van der Waals surface area contributed by atoms with E-state index in [1.807, 2.05) is 0 Å². The fourth-order valence-corrected chi connectivity index (χ4v) is 8.78. The molecule has 1 heterocycles. The highest BCUT2D eigenvalue weighted by molar-refractivity contribution is 6.23. The Morgan fingerprint density at radius 1 is 0.314 bits per heavy atom. The van der Waals surface area contributed by atoms with Crippen molar-refractivity contribution in [2.24, 2.45) is 0 Å². The minimum absolute atomic E-state index is 1.15. The van der Waals surface area contributed by atoms with Crippen molar-refractivity contribution in [3.05, 3.63) is 188 Å². The van der Waals surface area contributed by atoms with Gasteiger partial charge in [0.2, 0.25) is 0 Å². The second kappa shape index (κ2) is 10.9. The molecular weight excluding hydrogens is 615 g/mol. The van der Waals surface area contributed by atoms with Crippen molar-refractivity contribution >= 4 is 43.4 Å². The quantitative estimate of drug-likeness (QED) is 0.179. The second-order valence-electron chi connectivity index (χ2n) is 13.6. The van der Waals surface area contributed by atoms with E-state index in [0.717, 1.165) is 5.69 Å². The molecule has 1 aromatic heterocycles. The van der Waals surface area contributed by atoms with Crippen LogP contribution in [0, 0.1) is 0 Å². The molecule has 11 rings (SSSR count). The van der Waals surface area contributed by atoms with E-state index in [9.17, 15) is 0 Å². The van der Waals surface area contributed by atoms with Crippen LogP contribution in [0.3, 0.4) is 0 Å². The summed E-state index contributed by atoms with van der Waals surface area (Å²) >= 11 is 0. The molecule has 0 atom stereocenters. The van der Waals surface area contributed by atoms with Crippen molar-refractivity contribution in [2.75, 3.05) is 0 Å². The smallest absolute Gasteiger partial charge is 0.0619 e. The molecule has 0 N–H and O–H groups in total. The molecule has 0 bridgehead atoms. The van der Waals surface area contributed by atoms with E-state index in [1.165, 1.54) is 99.0 Å². The lowest BCUT2D eigenvalue weighted by Gasteiger charge is -2.21. The van der Waals surface area contributed by atoms with Crippen molar-refractivity contribution in [3.8, 4) is 61.3 Å². The first-order chi connectivity index (χ1) is 25.3. The lowest BCUT2D eigenvalue weighted by Crippen LogP contribution is -1.97. The van der Waals surface area contributed by atoms with Crippen molar-refractivity contribution in [2.45, 2.75) is 0 Å². The predicted molar refractivity (Wildman–Crippen MR) is 217 cm³/mol. The zero-order chi connectivity index (χ0) is 33.5. The molecule has 0 saturated heterocycles. The van der Waals surface area contributed by atoms with Gasteiger partial charge in [-0.05, 0) is 96.1 Å². The van der Waals surface area contributed by atoms with Crippen LogP contribution in [0.1, 0.15) is 0 Å². The summed E-state index contributed by atoms with van der Waals surface area (Å²) in [6.45, 7) is 0. The van der Waals surface area contributed by atoms with Crippen LogP contribution in [0.5, 0.6) is 0 Å². The molecule has 0 saturated carbocycles. The van der Waals surface area contributed by atoms with E-state index in [4.69, 9.17) is 0 Å². The summed E-state index contributed by atoms with van der Waals surface area (Å²) in [5.74, 6) is 0. The first-order valence-electron chi connectivity index (χ1n) is 17.7. The molecule has 0 fully saturated rings. The zero-order valence-electron chi connectivity index (χ0n) is 27.8. The molecule has 236 valence electrons. The summed E-state index contributed by atoms with van der Waals surface area (Å²) in [7, 11) is 0. The number of hydrogen-bond acceptors (Lipinski definition) is 0. The molecule has 0 unspecified atom stereocenters. The minimum atomic E-state index is 1.15. The number of aromatic nitrogens is 1. The average Bonchev–Trinajstić information content (AvgIpc) is 3.73. The summed E-state index contributed by atoms with van der Waals surface area (Å²) < 4.78 is 2.47. The van der Waals surface area contributed by atoms with E-state index in [-0.39, 0.29) is 0 Å². The number of hydrogen-bond donors (Lipinski definition) is 0. The van der Waals surface area contributed by atoms with E-state index in [1.54, 1.807) is 0 Å². The van der Waals surface area contributed by atoms with Gasteiger partial charge in [-0.15, -0.1) is 0 Å². The third-order valence-electron chi connectivity index (χ3n) is 10.9. The molecule has 0 spiro atoms. The average molecular weight is 646 g/mol. The Morgan fingerprint density at radius 2 is 0.922 bits per heavy atom. The van der Waals surface area contributed by atoms with Crippen LogP contribution in [0.4, 0.5) is 0 Å². The number of fused-ring (bicyclic) bond motifs is 8. The van der Waals surface area contributed by atoms with Crippen molar-refractivity contribution in [1.82, 2.24) is 4.57 Å². The third-order valence-corrected chi connectivity index (χ3v) is 10.9. The normalized spacial score (nSPS) is 11.9. The van der Waals surface area contributed by atoms with Crippen LogP contribution in [-0.4, -0.2) is 4.57 Å². The van der Waals surface area contributed by atoms with Crippen LogP contribution < -0.4 is 0 Å². The van der Waals surface area contributed by atoms with Crippen LogP contribution >= 0.6 is 0 Å². The molecule has 1 aliphatic rings. The van der Waals surface area contributed by atoms with Gasteiger partial charge in [-0.2, -0.15) is 0 Å². The Balaban J connectivity index is 1.26. The Kier molecular flexibility index (Phi) is 6.02. The van der Waals surface area contributed by atoms with Gasteiger partial charge < -0.3 is 4.57 Å². The predicted octanol–water partition coefficient (Wildman–Crippen LogP) is 13.7. The van der Waals surface area contributed by atoms with Crippen LogP contribution in [0.25, 0.3) is 105 Å². The Bertz CT molecular complexity index is 3000. The largest absolute Gasteiger partial charge is 0.309 e.